The van der Waals surface area contributed by atoms with Crippen LogP contribution in [0.3, 0.4) is 0 Å². The van der Waals surface area contributed by atoms with E-state index >= 15 is 0 Å². The van der Waals surface area contributed by atoms with Crippen LogP contribution < -0.4 is 26.2 Å². The summed E-state index contributed by atoms with van der Waals surface area (Å²) < 4.78 is 0. The average Bonchev–Trinajstić information content (AvgIpc) is 3.85. The predicted molar refractivity (Wildman–Crippen MR) is 277 cm³/mol. The van der Waals surface area contributed by atoms with E-state index in [-0.39, 0.29) is 6.71 Å². The van der Waals surface area contributed by atoms with Gasteiger partial charge in [-0.15, -0.1) is 0 Å². The molecule has 0 amide bonds. The molecule has 11 aromatic rings. The number of nitrogens with zero attached hydrogens (tertiary/aromatic N) is 2. The number of hydrogen-bond donors (Lipinski definition) is 0. The van der Waals surface area contributed by atoms with Crippen molar-refractivity contribution in [2.45, 2.75) is 5.41 Å². The third-order valence-electron chi connectivity index (χ3n) is 15.2. The minimum absolute atomic E-state index is 0.0137. The number of anilines is 6. The summed E-state index contributed by atoms with van der Waals surface area (Å²) in [6.45, 7) is -0.0137. The fourth-order valence-corrected chi connectivity index (χ4v) is 12.6. The summed E-state index contributed by atoms with van der Waals surface area (Å²) in [6.07, 6.45) is 0. The number of fused-ring (bicyclic) bond motifs is 16. The van der Waals surface area contributed by atoms with Crippen LogP contribution in [0, 0.1) is 0 Å². The van der Waals surface area contributed by atoms with Crippen molar-refractivity contribution in [3.8, 4) is 33.4 Å². The molecule has 4 aliphatic rings. The first-order chi connectivity index (χ1) is 32.8. The second-order valence-corrected chi connectivity index (χ2v) is 18.3. The van der Waals surface area contributed by atoms with Gasteiger partial charge < -0.3 is 9.80 Å². The summed E-state index contributed by atoms with van der Waals surface area (Å²) in [6, 6.07) is 89.1. The molecule has 15 rings (SSSR count). The molecular weight excluding hydrogens is 796 g/mol. The van der Waals surface area contributed by atoms with Gasteiger partial charge in [0.05, 0.1) is 5.41 Å². The van der Waals surface area contributed by atoms with Gasteiger partial charge in [0.15, 0.2) is 0 Å². The molecule has 0 unspecified atom stereocenters. The number of benzene rings is 11. The number of hydrogen-bond acceptors (Lipinski definition) is 2. The summed E-state index contributed by atoms with van der Waals surface area (Å²) in [5, 5.41) is 4.97. The molecule has 0 aromatic heterocycles. The highest BCUT2D eigenvalue weighted by molar-refractivity contribution is 7.00. The van der Waals surface area contributed by atoms with Gasteiger partial charge in [-0.05, 0) is 142 Å². The molecule has 11 aromatic carbocycles. The second-order valence-electron chi connectivity index (χ2n) is 18.3. The van der Waals surface area contributed by atoms with Crippen LogP contribution in [0.25, 0.3) is 54.9 Å². The molecule has 0 saturated carbocycles. The lowest BCUT2D eigenvalue weighted by Gasteiger charge is -2.44. The average molecular weight is 835 g/mol. The van der Waals surface area contributed by atoms with Gasteiger partial charge in [-0.25, -0.2) is 0 Å². The Kier molecular flexibility index (Phi) is 7.27. The van der Waals surface area contributed by atoms with E-state index in [9.17, 15) is 0 Å². The van der Waals surface area contributed by atoms with Crippen molar-refractivity contribution in [1.29, 1.82) is 0 Å². The number of para-hydroxylation sites is 2. The molecule has 1 spiro atoms. The lowest BCUT2D eigenvalue weighted by Crippen LogP contribution is -2.61. The lowest BCUT2D eigenvalue weighted by atomic mass is 9.33. The minimum Gasteiger partial charge on any atom is -0.311 e. The smallest absolute Gasteiger partial charge is 0.252 e. The van der Waals surface area contributed by atoms with E-state index < -0.39 is 5.41 Å². The predicted octanol–water partition coefficient (Wildman–Crippen LogP) is 14.1. The van der Waals surface area contributed by atoms with Crippen LogP contribution in [0.15, 0.2) is 237 Å². The van der Waals surface area contributed by atoms with E-state index in [1.165, 1.54) is 116 Å². The van der Waals surface area contributed by atoms with Gasteiger partial charge in [0.25, 0.3) is 6.71 Å². The Morgan fingerprint density at radius 3 is 1.21 bits per heavy atom. The molecule has 66 heavy (non-hydrogen) atoms. The van der Waals surface area contributed by atoms with E-state index in [1.54, 1.807) is 0 Å². The molecule has 2 aliphatic heterocycles. The van der Waals surface area contributed by atoms with Gasteiger partial charge in [-0.2, -0.15) is 0 Å². The second kappa shape index (κ2) is 13.3. The zero-order valence-corrected chi connectivity index (χ0v) is 36.0. The van der Waals surface area contributed by atoms with E-state index in [2.05, 4.69) is 246 Å². The van der Waals surface area contributed by atoms with Crippen molar-refractivity contribution in [2.75, 3.05) is 9.80 Å². The maximum atomic E-state index is 2.55. The van der Waals surface area contributed by atoms with Gasteiger partial charge in [0, 0.05) is 34.1 Å². The molecular formula is C63H39BN2. The highest BCUT2D eigenvalue weighted by Gasteiger charge is 2.52. The monoisotopic (exact) mass is 834 g/mol. The fourth-order valence-electron chi connectivity index (χ4n) is 12.6. The largest absolute Gasteiger partial charge is 0.311 e. The van der Waals surface area contributed by atoms with E-state index in [4.69, 9.17) is 0 Å². The maximum absolute atomic E-state index is 2.55. The van der Waals surface area contributed by atoms with Crippen LogP contribution in [-0.2, 0) is 5.41 Å². The SMILES string of the molecule is c1ccc(N2c3cc4ccccc4cc3B3c4cc5ccccc5cc4N(c4ccccc4)c4cc(-c5cccc6c5-c5ccccc5C65c6ccccc6-c6ccccc65)cc2c43)cc1. The first-order valence-corrected chi connectivity index (χ1v) is 23.1. The van der Waals surface area contributed by atoms with Crippen molar-refractivity contribution >= 4 is 78.8 Å². The Labute approximate surface area is 384 Å². The third kappa shape index (κ3) is 4.66. The van der Waals surface area contributed by atoms with Crippen LogP contribution in [-0.4, -0.2) is 6.71 Å². The summed E-state index contributed by atoms with van der Waals surface area (Å²) in [5.41, 5.74) is 23.7. The van der Waals surface area contributed by atoms with Gasteiger partial charge in [-0.1, -0.05) is 188 Å². The fraction of sp³-hybridized carbons (Fsp3) is 0.0159. The van der Waals surface area contributed by atoms with Crippen molar-refractivity contribution in [3.63, 3.8) is 0 Å². The Bertz CT molecular complexity index is 3660. The normalized spacial score (nSPS) is 14.1. The van der Waals surface area contributed by atoms with Gasteiger partial charge in [0.1, 0.15) is 0 Å². The molecule has 0 atom stereocenters. The third-order valence-corrected chi connectivity index (χ3v) is 15.2. The Balaban J connectivity index is 1.08. The minimum atomic E-state index is -0.436. The van der Waals surface area contributed by atoms with Crippen molar-refractivity contribution in [1.82, 2.24) is 0 Å². The molecule has 304 valence electrons. The number of rotatable bonds is 3. The van der Waals surface area contributed by atoms with Crippen molar-refractivity contribution in [2.24, 2.45) is 0 Å². The van der Waals surface area contributed by atoms with Gasteiger partial charge >= 0.3 is 0 Å². The lowest BCUT2D eigenvalue weighted by molar-refractivity contribution is 0.794. The summed E-state index contributed by atoms with van der Waals surface area (Å²) >= 11 is 0. The van der Waals surface area contributed by atoms with Crippen LogP contribution in [0.5, 0.6) is 0 Å². The van der Waals surface area contributed by atoms with E-state index in [0.717, 1.165) is 11.4 Å². The van der Waals surface area contributed by atoms with E-state index in [1.807, 2.05) is 0 Å². The summed E-state index contributed by atoms with van der Waals surface area (Å²) in [4.78, 5) is 5.11. The van der Waals surface area contributed by atoms with Crippen LogP contribution in [0.2, 0.25) is 0 Å². The molecule has 0 saturated heterocycles. The zero-order valence-electron chi connectivity index (χ0n) is 36.0. The molecule has 0 bridgehead atoms. The Hall–Kier alpha value is -8.40. The van der Waals surface area contributed by atoms with E-state index in [0.29, 0.717) is 0 Å². The molecule has 0 fully saturated rings. The highest BCUT2D eigenvalue weighted by Crippen LogP contribution is 2.64. The summed E-state index contributed by atoms with van der Waals surface area (Å²) in [7, 11) is 0. The Morgan fingerprint density at radius 1 is 0.303 bits per heavy atom. The van der Waals surface area contributed by atoms with Crippen LogP contribution in [0.4, 0.5) is 34.1 Å². The molecule has 2 nitrogen and oxygen atoms in total. The highest BCUT2D eigenvalue weighted by atomic mass is 15.2. The van der Waals surface area contributed by atoms with Gasteiger partial charge in [0.2, 0.25) is 0 Å². The van der Waals surface area contributed by atoms with Crippen LogP contribution >= 0.6 is 0 Å². The standard InChI is InChI=1S/C63H39BN2/c1-3-22-45(23-4-1)65-57-36-42-20-9-7-18-40(42)34-55(57)64-56-35-41-19-8-10-21-43(41)37-58(56)66(46-24-5-2-6-25-46)60-39-44(38-59(65)62(60)64)47-29-17-33-54-61(47)50-28-13-16-32-53(50)63(54)51-30-14-11-26-48(51)49-27-12-15-31-52(49)63/h1-39H. The Morgan fingerprint density at radius 2 is 0.697 bits per heavy atom. The first-order valence-electron chi connectivity index (χ1n) is 23.1. The maximum Gasteiger partial charge on any atom is 0.252 e. The molecule has 2 heterocycles. The van der Waals surface area contributed by atoms with Gasteiger partial charge in [-0.3, -0.25) is 0 Å². The molecule has 0 N–H and O–H groups in total. The molecule has 2 aliphatic carbocycles. The zero-order chi connectivity index (χ0) is 43.1. The molecule has 3 heteroatoms. The molecule has 0 radical (unpaired) electrons. The topological polar surface area (TPSA) is 6.48 Å². The quantitative estimate of drug-likeness (QED) is 0.164. The van der Waals surface area contributed by atoms with Crippen molar-refractivity contribution < 1.29 is 0 Å². The first kappa shape index (κ1) is 36.0. The summed E-state index contributed by atoms with van der Waals surface area (Å²) in [5.74, 6) is 0. The van der Waals surface area contributed by atoms with Crippen LogP contribution in [0.1, 0.15) is 22.3 Å². The van der Waals surface area contributed by atoms with Crippen molar-refractivity contribution in [3.05, 3.63) is 259 Å².